The Morgan fingerprint density at radius 3 is 0.704 bits per heavy atom. The number of hydrogen-bond acceptors (Lipinski definition) is 0. The molecule has 0 aromatic rings. The second kappa shape index (κ2) is 17.8. The number of rotatable bonds is 20. The summed E-state index contributed by atoms with van der Waals surface area (Å²) >= 11 is 1.08. The first-order valence-electron chi connectivity index (χ1n) is 12.8. The van der Waals surface area contributed by atoms with Crippen molar-refractivity contribution in [3.05, 3.63) is 0 Å². The van der Waals surface area contributed by atoms with Crippen molar-refractivity contribution in [2.75, 3.05) is 0 Å². The van der Waals surface area contributed by atoms with Gasteiger partial charge in [-0.15, -0.1) is 0 Å². The maximum atomic E-state index is 2.43. The second-order valence-electron chi connectivity index (χ2n) is 9.09. The van der Waals surface area contributed by atoms with Crippen molar-refractivity contribution in [2.45, 2.75) is 155 Å². The van der Waals surface area contributed by atoms with Crippen LogP contribution in [0.1, 0.15) is 119 Å². The van der Waals surface area contributed by atoms with Crippen LogP contribution in [-0.2, 0) is 13.9 Å². The van der Waals surface area contributed by atoms with E-state index in [4.69, 9.17) is 0 Å². The van der Waals surface area contributed by atoms with Gasteiger partial charge in [0, 0.05) is 0 Å². The Hall–Kier alpha value is 0.966. The van der Waals surface area contributed by atoms with Gasteiger partial charge in [0.1, 0.15) is 0 Å². The summed E-state index contributed by atoms with van der Waals surface area (Å²) in [5.41, 5.74) is 0. The van der Waals surface area contributed by atoms with E-state index in [1.807, 2.05) is 0 Å². The molecule has 27 heavy (non-hydrogen) atoms. The Morgan fingerprint density at radius 1 is 0.370 bits per heavy atom. The molecule has 0 saturated heterocycles. The van der Waals surface area contributed by atoms with Crippen molar-refractivity contribution in [3.8, 4) is 0 Å². The first kappa shape index (κ1) is 28.0. The normalized spacial score (nSPS) is 12.7. The van der Waals surface area contributed by atoms with Crippen LogP contribution >= 0.6 is 0 Å². The van der Waals surface area contributed by atoms with E-state index in [9.17, 15) is 0 Å². The average molecular weight is 451 g/mol. The maximum absolute atomic E-state index is 2.43. The van der Waals surface area contributed by atoms with Gasteiger partial charge in [0.2, 0.25) is 0 Å². The molecule has 0 aromatic heterocycles. The van der Waals surface area contributed by atoms with Crippen LogP contribution in [0.25, 0.3) is 0 Å². The molecule has 0 unspecified atom stereocenters. The third-order valence-electron chi connectivity index (χ3n) is 6.35. The molecule has 0 heterocycles. The van der Waals surface area contributed by atoms with Crippen molar-refractivity contribution < 1.29 is 13.9 Å². The van der Waals surface area contributed by atoms with Crippen LogP contribution < -0.4 is 0 Å². The van der Waals surface area contributed by atoms with Gasteiger partial charge in [-0.25, -0.2) is 0 Å². The molecule has 0 radical (unpaired) electrons. The zero-order chi connectivity index (χ0) is 20.4. The van der Waals surface area contributed by atoms with Crippen molar-refractivity contribution >= 4 is 13.3 Å². The molecule has 0 aliphatic heterocycles. The first-order valence-corrected chi connectivity index (χ1v) is 21.7. The van der Waals surface area contributed by atoms with E-state index in [1.54, 1.807) is 74.8 Å². The van der Waals surface area contributed by atoms with Crippen LogP contribution in [0.5, 0.6) is 0 Å². The quantitative estimate of drug-likeness (QED) is 0.162. The van der Waals surface area contributed by atoms with Gasteiger partial charge in [-0.2, -0.15) is 0 Å². The summed E-state index contributed by atoms with van der Waals surface area (Å²) in [7, 11) is 0. The second-order valence-corrected chi connectivity index (χ2v) is 28.6. The molecular weight excluding hydrogens is 396 g/mol. The van der Waals surface area contributed by atoms with E-state index >= 15 is 0 Å². The van der Waals surface area contributed by atoms with Gasteiger partial charge in [0.15, 0.2) is 0 Å². The fourth-order valence-electron chi connectivity index (χ4n) is 4.51. The van der Waals surface area contributed by atoms with Gasteiger partial charge >= 0.3 is 182 Å². The first-order chi connectivity index (χ1) is 13.1. The molecule has 0 rings (SSSR count). The van der Waals surface area contributed by atoms with E-state index in [-0.39, 0.29) is 0 Å². The average Bonchev–Trinajstić information content (AvgIpc) is 2.70. The van der Waals surface area contributed by atoms with Gasteiger partial charge in [-0.3, -0.25) is 0 Å². The van der Waals surface area contributed by atoms with Gasteiger partial charge < -0.3 is 0 Å². The van der Waals surface area contributed by atoms with Crippen LogP contribution in [-0.4, -0.2) is 13.3 Å². The summed E-state index contributed by atoms with van der Waals surface area (Å²) in [4.78, 5) is 0. The molecule has 0 N–H and O–H groups in total. The Balaban J connectivity index is 5.66. The monoisotopic (exact) mass is 450 g/mol. The molecule has 0 atom stereocenters. The van der Waals surface area contributed by atoms with Crippen molar-refractivity contribution in [1.29, 1.82) is 0 Å². The molecule has 0 aliphatic rings. The van der Waals surface area contributed by atoms with E-state index < -0.39 is 13.3 Å². The van der Waals surface area contributed by atoms with E-state index in [1.165, 1.54) is 38.5 Å². The predicted octanol–water partition coefficient (Wildman–Crippen LogP) is 9.76. The minimum absolute atomic E-state index is 1.02. The molecule has 3 heteroatoms. The molecule has 0 spiro atoms. The zero-order valence-corrected chi connectivity index (χ0v) is 23.4. The molecule has 0 aromatic carbocycles. The van der Waals surface area contributed by atoms with Crippen LogP contribution in [0.2, 0.25) is 36.3 Å². The zero-order valence-electron chi connectivity index (χ0n) is 20.1. The molecule has 0 bridgehead atoms. The fraction of sp³-hybridized carbons (Fsp3) is 1.00. The fourth-order valence-corrected chi connectivity index (χ4v) is 43.7. The Morgan fingerprint density at radius 2 is 0.556 bits per heavy atom. The third-order valence-corrected chi connectivity index (χ3v) is 35.3. The van der Waals surface area contributed by atoms with Gasteiger partial charge in [0.25, 0.3) is 0 Å². The SMILES string of the molecule is CCCC[Si](CCCC)(CCCC)[Cr][Si](CCCC)(CCCC)CCCC. The van der Waals surface area contributed by atoms with E-state index in [0.29, 0.717) is 0 Å². The Kier molecular flexibility index (Phi) is 18.4. The summed E-state index contributed by atoms with van der Waals surface area (Å²) in [6.45, 7) is 12.6. The summed E-state index contributed by atoms with van der Waals surface area (Å²) < 4.78 is 0. The van der Waals surface area contributed by atoms with Crippen LogP contribution in [0, 0.1) is 0 Å². The molecule has 0 fully saturated rings. The van der Waals surface area contributed by atoms with Gasteiger partial charge in [-0.05, 0) is 0 Å². The number of hydrogen-bond donors (Lipinski definition) is 0. The van der Waals surface area contributed by atoms with Crippen LogP contribution in [0.4, 0.5) is 0 Å². The van der Waals surface area contributed by atoms with Gasteiger partial charge in [-0.1, -0.05) is 0 Å². The van der Waals surface area contributed by atoms with Crippen LogP contribution in [0.15, 0.2) is 0 Å². The molecule has 0 saturated carbocycles. The van der Waals surface area contributed by atoms with Crippen molar-refractivity contribution in [3.63, 3.8) is 0 Å². The van der Waals surface area contributed by atoms with Gasteiger partial charge in [0.05, 0.1) is 0 Å². The Bertz CT molecular complexity index is 246. The number of unbranched alkanes of at least 4 members (excludes halogenated alkanes) is 6. The van der Waals surface area contributed by atoms with Crippen LogP contribution in [0.3, 0.4) is 0 Å². The molecule has 164 valence electrons. The minimum atomic E-state index is -1.02. The van der Waals surface area contributed by atoms with E-state index in [2.05, 4.69) is 41.5 Å². The Labute approximate surface area is 181 Å². The summed E-state index contributed by atoms with van der Waals surface area (Å²) in [6, 6.07) is 10.2. The standard InChI is InChI=1S/2C12H27Si.Cr/c2*1-4-7-10-13(11-8-5-2)12-9-6-3;/h2*4-12H2,1-3H3;. The molecule has 0 amide bonds. The summed E-state index contributed by atoms with van der Waals surface area (Å²) in [5.74, 6) is 0. The third kappa shape index (κ3) is 12.3. The predicted molar refractivity (Wildman–Crippen MR) is 130 cm³/mol. The van der Waals surface area contributed by atoms with Crippen molar-refractivity contribution in [1.82, 2.24) is 0 Å². The van der Waals surface area contributed by atoms with Crippen molar-refractivity contribution in [2.24, 2.45) is 0 Å². The topological polar surface area (TPSA) is 0 Å². The summed E-state index contributed by atoms with van der Waals surface area (Å²) in [6.07, 6.45) is 17.8. The molecule has 0 aliphatic carbocycles. The summed E-state index contributed by atoms with van der Waals surface area (Å²) in [5, 5.41) is 0. The van der Waals surface area contributed by atoms with E-state index in [0.717, 1.165) is 13.9 Å². The molecule has 0 nitrogen and oxygen atoms in total. The molecular formula is C24H54CrSi2.